The number of amides is 1. The summed E-state index contributed by atoms with van der Waals surface area (Å²) in [5.74, 6) is 0.481. The number of rotatable bonds is 3. The number of aryl methyl sites for hydroxylation is 1. The molecule has 2 rings (SSSR count). The van der Waals surface area contributed by atoms with Gasteiger partial charge in [-0.05, 0) is 24.6 Å². The first-order valence-electron chi connectivity index (χ1n) is 6.35. The minimum atomic E-state index is -0.878. The third-order valence-corrected chi connectivity index (χ3v) is 4.82. The number of carboxylic acids is 1. The van der Waals surface area contributed by atoms with Crippen LogP contribution < -0.4 is 0 Å². The number of carboxylic acid groups (broad SMARTS) is 1. The number of halogens is 1. The number of carbonyl (C=O) groups excluding carboxylic acids is 1. The first-order valence-corrected chi connectivity index (χ1v) is 7.89. The normalized spacial score (nSPS) is 18.9. The Hall–Kier alpha value is -1.20. The van der Waals surface area contributed by atoms with Gasteiger partial charge in [0.15, 0.2) is 0 Å². The smallest absolute Gasteiger partial charge is 0.305 e. The fourth-order valence-corrected chi connectivity index (χ4v) is 3.43. The highest BCUT2D eigenvalue weighted by atomic mass is 35.5. The molecule has 0 aliphatic carbocycles. The number of carbonyl (C=O) groups is 2. The molecule has 1 aliphatic rings. The molecule has 20 heavy (non-hydrogen) atoms. The summed E-state index contributed by atoms with van der Waals surface area (Å²) in [4.78, 5) is 25.1. The van der Waals surface area contributed by atoms with Crippen LogP contribution in [-0.4, -0.2) is 46.0 Å². The predicted molar refractivity (Wildman–Crippen MR) is 80.6 cm³/mol. The van der Waals surface area contributed by atoms with E-state index in [0.717, 1.165) is 11.3 Å². The maximum Gasteiger partial charge on any atom is 0.305 e. The summed E-state index contributed by atoms with van der Waals surface area (Å²) in [6, 6.07) is 4.95. The van der Waals surface area contributed by atoms with Crippen molar-refractivity contribution in [2.45, 2.75) is 19.4 Å². The van der Waals surface area contributed by atoms with E-state index >= 15 is 0 Å². The van der Waals surface area contributed by atoms with Crippen molar-refractivity contribution in [2.75, 3.05) is 18.1 Å². The van der Waals surface area contributed by atoms with Crippen molar-refractivity contribution >= 4 is 35.2 Å². The molecule has 1 heterocycles. The highest BCUT2D eigenvalue weighted by Gasteiger charge is 2.29. The van der Waals surface area contributed by atoms with Crippen LogP contribution in [0.2, 0.25) is 5.02 Å². The largest absolute Gasteiger partial charge is 0.481 e. The van der Waals surface area contributed by atoms with Crippen LogP contribution in [0.5, 0.6) is 0 Å². The predicted octanol–water partition coefficient (Wildman–Crippen LogP) is 2.68. The van der Waals surface area contributed by atoms with E-state index in [1.165, 1.54) is 0 Å². The summed E-state index contributed by atoms with van der Waals surface area (Å²) in [7, 11) is 0. The summed E-state index contributed by atoms with van der Waals surface area (Å²) in [5.41, 5.74) is 1.43. The van der Waals surface area contributed by atoms with Gasteiger partial charge in [0.05, 0.1) is 12.5 Å². The summed E-state index contributed by atoms with van der Waals surface area (Å²) in [6.45, 7) is 2.45. The molecule has 0 radical (unpaired) electrons. The zero-order valence-electron chi connectivity index (χ0n) is 11.1. The molecule has 108 valence electrons. The number of nitrogens with zero attached hydrogens (tertiary/aromatic N) is 1. The summed E-state index contributed by atoms with van der Waals surface area (Å²) < 4.78 is 0. The lowest BCUT2D eigenvalue weighted by Crippen LogP contribution is -2.47. The second kappa shape index (κ2) is 6.50. The lowest BCUT2D eigenvalue weighted by atomic mass is 10.1. The Balaban J connectivity index is 2.20. The standard InChI is InChI=1S/C14H16ClNO3S/c1-9-2-3-10(6-12(9)15)14(19)16-4-5-20-8-11(16)7-13(17)18/h2-3,6,11H,4-5,7-8H2,1H3,(H,17,18). The van der Waals surface area contributed by atoms with Crippen LogP contribution in [0.15, 0.2) is 18.2 Å². The van der Waals surface area contributed by atoms with Gasteiger partial charge in [-0.3, -0.25) is 9.59 Å². The highest BCUT2D eigenvalue weighted by Crippen LogP contribution is 2.23. The Morgan fingerprint density at radius 3 is 2.90 bits per heavy atom. The van der Waals surface area contributed by atoms with Gasteiger partial charge >= 0.3 is 5.97 Å². The van der Waals surface area contributed by atoms with Crippen molar-refractivity contribution in [3.8, 4) is 0 Å². The topological polar surface area (TPSA) is 57.6 Å². The summed E-state index contributed by atoms with van der Waals surface area (Å²) in [5, 5.41) is 9.50. The molecule has 0 spiro atoms. The van der Waals surface area contributed by atoms with Crippen LogP contribution in [0.3, 0.4) is 0 Å². The fourth-order valence-electron chi connectivity index (χ4n) is 2.18. The lowest BCUT2D eigenvalue weighted by Gasteiger charge is -2.34. The molecule has 1 saturated heterocycles. The second-order valence-corrected chi connectivity index (χ2v) is 6.35. The van der Waals surface area contributed by atoms with E-state index in [1.807, 2.05) is 6.92 Å². The van der Waals surface area contributed by atoms with E-state index < -0.39 is 5.97 Å². The third kappa shape index (κ3) is 3.46. The van der Waals surface area contributed by atoms with Gasteiger partial charge in [-0.2, -0.15) is 11.8 Å². The fraction of sp³-hybridized carbons (Fsp3) is 0.429. The second-order valence-electron chi connectivity index (χ2n) is 4.79. The number of aliphatic carboxylic acids is 1. The third-order valence-electron chi connectivity index (χ3n) is 3.32. The number of thioether (sulfide) groups is 1. The molecule has 1 fully saturated rings. The molecule has 6 heteroatoms. The van der Waals surface area contributed by atoms with Crippen LogP contribution >= 0.6 is 23.4 Å². The molecule has 1 N–H and O–H groups in total. The minimum Gasteiger partial charge on any atom is -0.481 e. The molecule has 1 amide bonds. The monoisotopic (exact) mass is 313 g/mol. The molecule has 1 unspecified atom stereocenters. The Morgan fingerprint density at radius 1 is 1.50 bits per heavy atom. The van der Waals surface area contributed by atoms with Crippen LogP contribution in [0.4, 0.5) is 0 Å². The van der Waals surface area contributed by atoms with Gasteiger partial charge in [-0.25, -0.2) is 0 Å². The van der Waals surface area contributed by atoms with Crippen molar-refractivity contribution in [3.05, 3.63) is 34.3 Å². The van der Waals surface area contributed by atoms with E-state index in [0.29, 0.717) is 22.9 Å². The van der Waals surface area contributed by atoms with E-state index in [2.05, 4.69) is 0 Å². The lowest BCUT2D eigenvalue weighted by molar-refractivity contribution is -0.138. The number of benzene rings is 1. The summed E-state index contributed by atoms with van der Waals surface area (Å²) >= 11 is 7.73. The average Bonchev–Trinajstić information content (AvgIpc) is 2.41. The van der Waals surface area contributed by atoms with Gasteiger partial charge < -0.3 is 10.0 Å². The van der Waals surface area contributed by atoms with Crippen molar-refractivity contribution in [1.29, 1.82) is 0 Å². The quantitative estimate of drug-likeness (QED) is 0.932. The van der Waals surface area contributed by atoms with Crippen molar-refractivity contribution in [3.63, 3.8) is 0 Å². The molecular weight excluding hydrogens is 298 g/mol. The molecule has 0 aromatic heterocycles. The molecule has 1 aromatic rings. The minimum absolute atomic E-state index is 0.0155. The Bertz CT molecular complexity index is 535. The average molecular weight is 314 g/mol. The summed E-state index contributed by atoms with van der Waals surface area (Å²) in [6.07, 6.45) is -0.0155. The van der Waals surface area contributed by atoms with Crippen LogP contribution in [0.1, 0.15) is 22.3 Å². The van der Waals surface area contributed by atoms with Gasteiger partial charge in [0.2, 0.25) is 0 Å². The molecule has 0 saturated carbocycles. The van der Waals surface area contributed by atoms with Crippen molar-refractivity contribution < 1.29 is 14.7 Å². The highest BCUT2D eigenvalue weighted by molar-refractivity contribution is 7.99. The Kier molecular flexibility index (Phi) is 4.94. The van der Waals surface area contributed by atoms with Crippen LogP contribution in [0, 0.1) is 6.92 Å². The van der Waals surface area contributed by atoms with E-state index in [-0.39, 0.29) is 18.4 Å². The van der Waals surface area contributed by atoms with Gasteiger partial charge in [0, 0.05) is 28.6 Å². The maximum absolute atomic E-state index is 12.5. The number of hydrogen-bond acceptors (Lipinski definition) is 3. The zero-order valence-corrected chi connectivity index (χ0v) is 12.7. The number of hydrogen-bond donors (Lipinski definition) is 1. The Morgan fingerprint density at radius 2 is 2.25 bits per heavy atom. The molecular formula is C14H16ClNO3S. The zero-order chi connectivity index (χ0) is 14.7. The van der Waals surface area contributed by atoms with Crippen LogP contribution in [-0.2, 0) is 4.79 Å². The van der Waals surface area contributed by atoms with Gasteiger partial charge in [0.25, 0.3) is 5.91 Å². The van der Waals surface area contributed by atoms with Gasteiger partial charge in [0.1, 0.15) is 0 Å². The first kappa shape index (κ1) is 15.2. The van der Waals surface area contributed by atoms with Gasteiger partial charge in [-0.15, -0.1) is 0 Å². The van der Waals surface area contributed by atoms with Crippen molar-refractivity contribution in [2.24, 2.45) is 0 Å². The maximum atomic E-state index is 12.5. The Labute approximate surface area is 127 Å². The molecule has 0 bridgehead atoms. The SMILES string of the molecule is Cc1ccc(C(=O)N2CCSCC2CC(=O)O)cc1Cl. The van der Waals surface area contributed by atoms with E-state index in [4.69, 9.17) is 16.7 Å². The van der Waals surface area contributed by atoms with Crippen molar-refractivity contribution in [1.82, 2.24) is 4.90 Å². The van der Waals surface area contributed by atoms with Gasteiger partial charge in [-0.1, -0.05) is 17.7 Å². The first-order chi connectivity index (χ1) is 9.49. The molecule has 1 aromatic carbocycles. The molecule has 1 atom stereocenters. The van der Waals surface area contributed by atoms with Crippen LogP contribution in [0.25, 0.3) is 0 Å². The molecule has 1 aliphatic heterocycles. The van der Waals surface area contributed by atoms with E-state index in [1.54, 1.807) is 34.9 Å². The molecule has 4 nitrogen and oxygen atoms in total. The van der Waals surface area contributed by atoms with E-state index in [9.17, 15) is 9.59 Å².